The largest absolute Gasteiger partial charge is 0.618 e. The molecule has 0 atom stereocenters. The molecule has 5 nitrogen and oxygen atoms in total. The number of rotatable bonds is 0. The van der Waals surface area contributed by atoms with Crippen LogP contribution in [0.4, 0.5) is 0 Å². The summed E-state index contributed by atoms with van der Waals surface area (Å²) in [4.78, 5) is 11.4. The van der Waals surface area contributed by atoms with Crippen molar-refractivity contribution in [2.75, 3.05) is 0 Å². The third kappa shape index (κ3) is 0.861. The molecule has 11 heavy (non-hydrogen) atoms. The van der Waals surface area contributed by atoms with Crippen molar-refractivity contribution in [3.05, 3.63) is 30.1 Å². The minimum absolute atomic E-state index is 0.384. The molecule has 0 saturated carbocycles. The molecule has 2 rings (SSSR count). The van der Waals surface area contributed by atoms with Gasteiger partial charge in [-0.3, -0.25) is 0 Å². The van der Waals surface area contributed by atoms with Gasteiger partial charge in [-0.1, -0.05) is 0 Å². The van der Waals surface area contributed by atoms with Crippen molar-refractivity contribution in [1.82, 2.24) is 15.0 Å². The third-order valence-electron chi connectivity index (χ3n) is 1.31. The number of aromatic nitrogens is 4. The average molecular weight is 148 g/mol. The second-order valence-corrected chi connectivity index (χ2v) is 1.98. The van der Waals surface area contributed by atoms with Crippen LogP contribution in [0.3, 0.4) is 0 Å². The van der Waals surface area contributed by atoms with Gasteiger partial charge >= 0.3 is 0 Å². The fraction of sp³-hybridized carbons (Fsp3) is 0. The molecule has 2 heterocycles. The van der Waals surface area contributed by atoms with Crippen molar-refractivity contribution in [2.45, 2.75) is 0 Å². The first kappa shape index (κ1) is 5.96. The van der Waals surface area contributed by atoms with Gasteiger partial charge in [0.1, 0.15) is 12.5 Å². The summed E-state index contributed by atoms with van der Waals surface area (Å²) in [5, 5.41) is 11.0. The van der Waals surface area contributed by atoms with Crippen molar-refractivity contribution < 1.29 is 4.73 Å². The number of hydrogen-bond acceptors (Lipinski definition) is 4. The molecule has 0 spiro atoms. The lowest BCUT2D eigenvalue weighted by molar-refractivity contribution is -0.577. The van der Waals surface area contributed by atoms with Crippen LogP contribution >= 0.6 is 0 Å². The van der Waals surface area contributed by atoms with Crippen molar-refractivity contribution in [3.8, 4) is 0 Å². The van der Waals surface area contributed by atoms with Gasteiger partial charge in [0.2, 0.25) is 5.65 Å². The van der Waals surface area contributed by atoms with Gasteiger partial charge in [-0.15, -0.1) is 0 Å². The summed E-state index contributed by atoms with van der Waals surface area (Å²) in [6.45, 7) is 0. The van der Waals surface area contributed by atoms with Gasteiger partial charge in [0.15, 0.2) is 6.20 Å². The monoisotopic (exact) mass is 148 g/mol. The highest BCUT2D eigenvalue weighted by molar-refractivity contribution is 5.63. The van der Waals surface area contributed by atoms with E-state index < -0.39 is 0 Å². The first-order valence-electron chi connectivity index (χ1n) is 3.02. The van der Waals surface area contributed by atoms with E-state index in [0.717, 1.165) is 0 Å². The lowest BCUT2D eigenvalue weighted by Gasteiger charge is -1.96. The van der Waals surface area contributed by atoms with Crippen LogP contribution in [0.15, 0.2) is 24.9 Å². The first-order valence-corrected chi connectivity index (χ1v) is 3.02. The summed E-state index contributed by atoms with van der Waals surface area (Å²) in [7, 11) is 0. The Balaban J connectivity index is 2.91. The summed E-state index contributed by atoms with van der Waals surface area (Å²) in [6.07, 6.45) is 5.51. The molecular formula is C6H4N4O. The lowest BCUT2D eigenvalue weighted by atomic mass is 10.5. The van der Waals surface area contributed by atoms with E-state index in [1.807, 2.05) is 0 Å². The van der Waals surface area contributed by atoms with E-state index in [1.54, 1.807) is 0 Å². The number of nitrogens with zero attached hydrogens (tertiary/aromatic N) is 4. The maximum atomic E-state index is 11.0. The Morgan fingerprint density at radius 2 is 2.27 bits per heavy atom. The van der Waals surface area contributed by atoms with Gasteiger partial charge in [0.05, 0.1) is 6.20 Å². The standard InChI is InChI=1S/C6H4N4O/c11-10-2-1-8-6-5(10)3-7-4-9-6/h1-4H. The second-order valence-electron chi connectivity index (χ2n) is 1.98. The van der Waals surface area contributed by atoms with Crippen LogP contribution in [-0.4, -0.2) is 15.0 Å². The molecule has 0 fully saturated rings. The minimum Gasteiger partial charge on any atom is -0.618 e. The Bertz CT molecular complexity index is 384. The van der Waals surface area contributed by atoms with E-state index in [0.29, 0.717) is 15.9 Å². The third-order valence-corrected chi connectivity index (χ3v) is 1.31. The van der Waals surface area contributed by atoms with E-state index in [2.05, 4.69) is 15.0 Å². The predicted octanol–water partition coefficient (Wildman–Crippen LogP) is -0.342. The number of hydrogen-bond donors (Lipinski definition) is 0. The zero-order chi connectivity index (χ0) is 7.68. The number of fused-ring (bicyclic) bond motifs is 1. The highest BCUT2D eigenvalue weighted by atomic mass is 16.5. The van der Waals surface area contributed by atoms with Crippen LogP contribution in [0, 0.1) is 5.21 Å². The molecule has 0 N–H and O–H groups in total. The van der Waals surface area contributed by atoms with Crippen molar-refractivity contribution in [3.63, 3.8) is 0 Å². The Labute approximate surface area is 61.9 Å². The van der Waals surface area contributed by atoms with Crippen LogP contribution in [-0.2, 0) is 0 Å². The molecule has 0 bridgehead atoms. The van der Waals surface area contributed by atoms with Crippen molar-refractivity contribution in [1.29, 1.82) is 0 Å². The summed E-state index contributed by atoms with van der Waals surface area (Å²) >= 11 is 0. The van der Waals surface area contributed by atoms with E-state index in [-0.39, 0.29) is 0 Å². The molecule has 0 radical (unpaired) electrons. The minimum atomic E-state index is 0.384. The maximum Gasteiger partial charge on any atom is 0.280 e. The van der Waals surface area contributed by atoms with Gasteiger partial charge < -0.3 is 5.21 Å². The molecule has 0 aliphatic carbocycles. The average Bonchev–Trinajstić information content (AvgIpc) is 2.06. The van der Waals surface area contributed by atoms with Crippen LogP contribution in [0.1, 0.15) is 0 Å². The Morgan fingerprint density at radius 3 is 3.09 bits per heavy atom. The fourth-order valence-corrected chi connectivity index (χ4v) is 0.816. The molecule has 0 saturated heterocycles. The zero-order valence-corrected chi connectivity index (χ0v) is 5.51. The van der Waals surface area contributed by atoms with Crippen LogP contribution in [0.5, 0.6) is 0 Å². The van der Waals surface area contributed by atoms with E-state index in [1.165, 1.54) is 24.9 Å². The zero-order valence-electron chi connectivity index (χ0n) is 5.51. The van der Waals surface area contributed by atoms with Gasteiger partial charge in [-0.25, -0.2) is 15.0 Å². The molecule has 0 unspecified atom stereocenters. The maximum absolute atomic E-state index is 11.0. The van der Waals surface area contributed by atoms with Crippen LogP contribution < -0.4 is 4.73 Å². The SMILES string of the molecule is [O-][n+]1ccnc2ncncc21. The summed E-state index contributed by atoms with van der Waals surface area (Å²) in [5.41, 5.74) is 0.799. The highest BCUT2D eigenvalue weighted by Gasteiger charge is 2.02. The molecule has 0 aromatic carbocycles. The van der Waals surface area contributed by atoms with Gasteiger partial charge in [-0.2, -0.15) is 4.73 Å². The van der Waals surface area contributed by atoms with Crippen LogP contribution in [0.25, 0.3) is 11.2 Å². The second kappa shape index (κ2) is 2.12. The molecule has 0 aliphatic heterocycles. The van der Waals surface area contributed by atoms with Gasteiger partial charge in [0.25, 0.3) is 5.52 Å². The lowest BCUT2D eigenvalue weighted by Crippen LogP contribution is -2.26. The summed E-state index contributed by atoms with van der Waals surface area (Å²) in [6, 6.07) is 0. The summed E-state index contributed by atoms with van der Waals surface area (Å²) < 4.78 is 0.683. The predicted molar refractivity (Wildman–Crippen MR) is 36.3 cm³/mol. The smallest absolute Gasteiger partial charge is 0.280 e. The highest BCUT2D eigenvalue weighted by Crippen LogP contribution is 1.96. The van der Waals surface area contributed by atoms with E-state index in [4.69, 9.17) is 0 Å². The van der Waals surface area contributed by atoms with E-state index in [9.17, 15) is 5.21 Å². The Kier molecular flexibility index (Phi) is 1.15. The van der Waals surface area contributed by atoms with Crippen LogP contribution in [0.2, 0.25) is 0 Å². The van der Waals surface area contributed by atoms with Crippen molar-refractivity contribution in [2.24, 2.45) is 0 Å². The molecule has 0 amide bonds. The molecule has 5 heteroatoms. The molecule has 2 aromatic heterocycles. The van der Waals surface area contributed by atoms with E-state index >= 15 is 0 Å². The molecule has 2 aromatic rings. The molecule has 0 aliphatic rings. The Morgan fingerprint density at radius 1 is 1.36 bits per heavy atom. The topological polar surface area (TPSA) is 65.6 Å². The first-order chi connectivity index (χ1) is 5.38. The summed E-state index contributed by atoms with van der Waals surface area (Å²) in [5.74, 6) is 0. The van der Waals surface area contributed by atoms with Crippen molar-refractivity contribution >= 4 is 11.2 Å². The Hall–Kier alpha value is -1.78. The normalized spacial score (nSPS) is 10.2. The molecular weight excluding hydrogens is 144 g/mol. The fourth-order valence-electron chi connectivity index (χ4n) is 0.816. The van der Waals surface area contributed by atoms with Gasteiger partial charge in [-0.05, 0) is 0 Å². The quantitative estimate of drug-likeness (QED) is 0.378. The molecule has 54 valence electrons. The van der Waals surface area contributed by atoms with Gasteiger partial charge in [0, 0.05) is 0 Å².